The van der Waals surface area contributed by atoms with Crippen molar-refractivity contribution in [2.24, 2.45) is 11.8 Å². The van der Waals surface area contributed by atoms with Gasteiger partial charge in [-0.3, -0.25) is 9.59 Å². The Morgan fingerprint density at radius 1 is 1.18 bits per heavy atom. The highest BCUT2D eigenvalue weighted by Crippen LogP contribution is 2.29. The third kappa shape index (κ3) is 6.00. The molecule has 2 saturated heterocycles. The number of pyridine rings is 1. The molecule has 2 N–H and O–H groups in total. The molecule has 0 saturated carbocycles. The normalized spacial score (nSPS) is 19.3. The van der Waals surface area contributed by atoms with Gasteiger partial charge in [0, 0.05) is 50.0 Å². The number of aromatic nitrogens is 3. The second kappa shape index (κ2) is 11.8. The predicted octanol–water partition coefficient (Wildman–Crippen LogP) is 3.57. The Morgan fingerprint density at radius 3 is 2.68 bits per heavy atom. The fourth-order valence-electron chi connectivity index (χ4n) is 5.27. The van der Waals surface area contributed by atoms with E-state index < -0.39 is 6.04 Å². The minimum absolute atomic E-state index is 0.0855. The van der Waals surface area contributed by atoms with Crippen molar-refractivity contribution in [2.45, 2.75) is 65.3 Å². The first kappa shape index (κ1) is 26.6. The number of carbonyl (C=O) groups is 1. The van der Waals surface area contributed by atoms with Crippen LogP contribution in [0.1, 0.15) is 44.2 Å². The Morgan fingerprint density at radius 2 is 1.97 bits per heavy atom. The van der Waals surface area contributed by atoms with Gasteiger partial charge in [0.25, 0.3) is 5.56 Å². The van der Waals surface area contributed by atoms with Gasteiger partial charge in [0.05, 0.1) is 24.2 Å². The molecule has 9 nitrogen and oxygen atoms in total. The van der Waals surface area contributed by atoms with Crippen molar-refractivity contribution in [3.05, 3.63) is 51.9 Å². The standard InChI is InChI=1S/C29H38N4O5/c1-18(2)26(29(35)38-23-8-11-37-17-23)30-14-21-4-5-25-24(13-21)32-27(22-12-19(3)28(34)31-15-22)33(25)16-20-6-9-36-10-7-20/h4-5,12-13,15,18,20,23,26,30H,6-11,14,16-17H2,1-3H3,(H,31,34)/t23-,26-/m0/s1. The highest BCUT2D eigenvalue weighted by molar-refractivity contribution is 5.81. The summed E-state index contributed by atoms with van der Waals surface area (Å²) in [6.07, 6.45) is 4.38. The molecule has 2 atom stereocenters. The number of benzene rings is 1. The molecule has 9 heteroatoms. The molecule has 0 spiro atoms. The number of ether oxygens (including phenoxy) is 3. The highest BCUT2D eigenvalue weighted by Gasteiger charge is 2.28. The molecule has 204 valence electrons. The highest BCUT2D eigenvalue weighted by atomic mass is 16.6. The van der Waals surface area contributed by atoms with Crippen molar-refractivity contribution in [1.29, 1.82) is 0 Å². The zero-order valence-corrected chi connectivity index (χ0v) is 22.5. The van der Waals surface area contributed by atoms with Crippen LogP contribution in [0.4, 0.5) is 0 Å². The fourth-order valence-corrected chi connectivity index (χ4v) is 5.27. The van der Waals surface area contributed by atoms with Gasteiger partial charge >= 0.3 is 5.97 Å². The van der Waals surface area contributed by atoms with E-state index >= 15 is 0 Å². The number of fused-ring (bicyclic) bond motifs is 1. The molecule has 0 bridgehead atoms. The van der Waals surface area contributed by atoms with E-state index in [0.29, 0.717) is 31.2 Å². The lowest BCUT2D eigenvalue weighted by Crippen LogP contribution is -2.43. The van der Waals surface area contributed by atoms with E-state index in [1.165, 1.54) is 0 Å². The number of hydrogen-bond acceptors (Lipinski definition) is 7. The van der Waals surface area contributed by atoms with E-state index in [9.17, 15) is 9.59 Å². The molecule has 1 aromatic carbocycles. The Labute approximate surface area is 222 Å². The quantitative estimate of drug-likeness (QED) is 0.414. The van der Waals surface area contributed by atoms with Crippen LogP contribution in [0.5, 0.6) is 0 Å². The molecule has 2 aliphatic heterocycles. The lowest BCUT2D eigenvalue weighted by molar-refractivity contribution is -0.152. The van der Waals surface area contributed by atoms with Crippen molar-refractivity contribution >= 4 is 17.0 Å². The van der Waals surface area contributed by atoms with Gasteiger partial charge in [0.2, 0.25) is 0 Å². The number of aromatic amines is 1. The summed E-state index contributed by atoms with van der Waals surface area (Å²) < 4.78 is 18.9. The van der Waals surface area contributed by atoms with E-state index in [1.54, 1.807) is 6.20 Å². The van der Waals surface area contributed by atoms with Gasteiger partial charge in [-0.2, -0.15) is 0 Å². The zero-order chi connectivity index (χ0) is 26.6. The molecule has 0 amide bonds. The van der Waals surface area contributed by atoms with E-state index in [2.05, 4.69) is 33.1 Å². The van der Waals surface area contributed by atoms with Crippen LogP contribution in [-0.4, -0.2) is 59.1 Å². The summed E-state index contributed by atoms with van der Waals surface area (Å²) in [4.78, 5) is 32.7. The van der Waals surface area contributed by atoms with E-state index in [0.717, 1.165) is 67.0 Å². The van der Waals surface area contributed by atoms with Crippen molar-refractivity contribution < 1.29 is 19.0 Å². The fraction of sp³-hybridized carbons (Fsp3) is 0.552. The molecule has 2 fully saturated rings. The monoisotopic (exact) mass is 522 g/mol. The first-order chi connectivity index (χ1) is 18.4. The minimum atomic E-state index is -0.406. The van der Waals surface area contributed by atoms with Gasteiger partial charge in [0.1, 0.15) is 18.0 Å². The summed E-state index contributed by atoms with van der Waals surface area (Å²) in [5.41, 5.74) is 4.45. The first-order valence-electron chi connectivity index (χ1n) is 13.7. The van der Waals surface area contributed by atoms with Crippen LogP contribution >= 0.6 is 0 Å². The number of hydrogen-bond donors (Lipinski definition) is 2. The molecule has 4 heterocycles. The molecule has 38 heavy (non-hydrogen) atoms. The number of carbonyl (C=O) groups excluding carboxylic acids is 1. The van der Waals surface area contributed by atoms with Gasteiger partial charge in [-0.05, 0) is 55.4 Å². The van der Waals surface area contributed by atoms with E-state index in [-0.39, 0.29) is 23.6 Å². The number of nitrogens with zero attached hydrogens (tertiary/aromatic N) is 2. The van der Waals surface area contributed by atoms with Crippen molar-refractivity contribution in [3.63, 3.8) is 0 Å². The smallest absolute Gasteiger partial charge is 0.323 e. The molecule has 2 aromatic heterocycles. The van der Waals surface area contributed by atoms with Crippen LogP contribution in [0.15, 0.2) is 35.3 Å². The Bertz CT molecular complexity index is 1320. The largest absolute Gasteiger partial charge is 0.459 e. The molecule has 2 aliphatic rings. The number of esters is 1. The number of nitrogens with one attached hydrogen (secondary N) is 2. The maximum Gasteiger partial charge on any atom is 0.323 e. The summed E-state index contributed by atoms with van der Waals surface area (Å²) in [6.45, 7) is 9.90. The van der Waals surface area contributed by atoms with Gasteiger partial charge < -0.3 is 29.1 Å². The molecule has 5 rings (SSSR count). The lowest BCUT2D eigenvalue weighted by Gasteiger charge is -2.23. The lowest BCUT2D eigenvalue weighted by atomic mass is 10.00. The maximum atomic E-state index is 12.8. The summed E-state index contributed by atoms with van der Waals surface area (Å²) in [7, 11) is 0. The average Bonchev–Trinajstić information content (AvgIpc) is 3.54. The first-order valence-corrected chi connectivity index (χ1v) is 13.7. The Hall–Kier alpha value is -3.01. The summed E-state index contributed by atoms with van der Waals surface area (Å²) in [6, 6.07) is 7.78. The number of rotatable bonds is 9. The molecule has 0 aliphatic carbocycles. The third-order valence-electron chi connectivity index (χ3n) is 7.56. The maximum absolute atomic E-state index is 12.8. The van der Waals surface area contributed by atoms with Gasteiger partial charge in [0.15, 0.2) is 0 Å². The summed E-state index contributed by atoms with van der Waals surface area (Å²) in [5, 5.41) is 3.40. The van der Waals surface area contributed by atoms with Crippen LogP contribution in [-0.2, 0) is 32.1 Å². The summed E-state index contributed by atoms with van der Waals surface area (Å²) in [5.74, 6) is 1.21. The van der Waals surface area contributed by atoms with Crippen LogP contribution in [0.2, 0.25) is 0 Å². The molecule has 0 unspecified atom stereocenters. The Balaban J connectivity index is 1.39. The molecule has 0 radical (unpaired) electrons. The number of aryl methyl sites for hydroxylation is 1. The topological polar surface area (TPSA) is 107 Å². The van der Waals surface area contributed by atoms with Crippen LogP contribution in [0, 0.1) is 18.8 Å². The molecule has 3 aromatic rings. The van der Waals surface area contributed by atoms with E-state index in [1.807, 2.05) is 26.8 Å². The predicted molar refractivity (Wildman–Crippen MR) is 145 cm³/mol. The SMILES string of the molecule is Cc1cc(-c2nc3cc(CN[C@H](C(=O)O[C@H]4CCOC4)C(C)C)ccc3n2CC2CCOCC2)c[nH]c1=O. The van der Waals surface area contributed by atoms with Gasteiger partial charge in [-0.25, -0.2) is 4.98 Å². The van der Waals surface area contributed by atoms with Crippen molar-refractivity contribution in [2.75, 3.05) is 26.4 Å². The van der Waals surface area contributed by atoms with Crippen molar-refractivity contribution in [3.8, 4) is 11.4 Å². The van der Waals surface area contributed by atoms with Gasteiger partial charge in [-0.1, -0.05) is 19.9 Å². The summed E-state index contributed by atoms with van der Waals surface area (Å²) >= 11 is 0. The van der Waals surface area contributed by atoms with Crippen LogP contribution < -0.4 is 10.9 Å². The van der Waals surface area contributed by atoms with E-state index in [4.69, 9.17) is 19.2 Å². The molecular weight excluding hydrogens is 484 g/mol. The van der Waals surface area contributed by atoms with Crippen LogP contribution in [0.25, 0.3) is 22.4 Å². The number of H-pyrrole nitrogens is 1. The third-order valence-corrected chi connectivity index (χ3v) is 7.56. The molecular formula is C29H38N4O5. The average molecular weight is 523 g/mol. The zero-order valence-electron chi connectivity index (χ0n) is 22.5. The Kier molecular flexibility index (Phi) is 8.26. The van der Waals surface area contributed by atoms with Crippen molar-refractivity contribution in [1.82, 2.24) is 19.9 Å². The number of imidazole rings is 1. The van der Waals surface area contributed by atoms with Crippen LogP contribution in [0.3, 0.4) is 0 Å². The minimum Gasteiger partial charge on any atom is -0.459 e. The second-order valence-electron chi connectivity index (χ2n) is 10.9. The van der Waals surface area contributed by atoms with Gasteiger partial charge in [-0.15, -0.1) is 0 Å². The second-order valence-corrected chi connectivity index (χ2v) is 10.9.